The van der Waals surface area contributed by atoms with Gasteiger partial charge in [0.1, 0.15) is 0 Å². The third-order valence-electron chi connectivity index (χ3n) is 4.38. The van der Waals surface area contributed by atoms with Crippen LogP contribution in [0.15, 0.2) is 0 Å². The van der Waals surface area contributed by atoms with Gasteiger partial charge in [-0.05, 0) is 20.3 Å². The molecular formula is C14H34NO3Si+. The minimum absolute atomic E-state index is 0.905. The monoisotopic (exact) mass is 292 g/mol. The summed E-state index contributed by atoms with van der Waals surface area (Å²) < 4.78 is 17.7. The Balaban J connectivity index is 4.39. The molecule has 0 amide bonds. The number of hydrogen-bond acceptors (Lipinski definition) is 3. The van der Waals surface area contributed by atoms with E-state index in [-0.39, 0.29) is 0 Å². The second-order valence-corrected chi connectivity index (χ2v) is 8.26. The number of hydrogen-bond donors (Lipinski definition) is 0. The van der Waals surface area contributed by atoms with Gasteiger partial charge in [-0.25, -0.2) is 0 Å². The molecule has 0 aromatic carbocycles. The topological polar surface area (TPSA) is 27.7 Å². The van der Waals surface area contributed by atoms with E-state index in [0.29, 0.717) is 0 Å². The quantitative estimate of drug-likeness (QED) is 0.409. The summed E-state index contributed by atoms with van der Waals surface area (Å²) >= 11 is 0. The normalized spacial score (nSPS) is 12.9. The first-order chi connectivity index (χ1) is 9.07. The van der Waals surface area contributed by atoms with Crippen LogP contribution in [0.1, 0.15) is 40.0 Å². The fraction of sp³-hybridized carbons (Fsp3) is 1.00. The zero-order chi connectivity index (χ0) is 14.8. The molecule has 0 fully saturated rings. The summed E-state index contributed by atoms with van der Waals surface area (Å²) in [5.41, 5.74) is 0. The molecular weight excluding hydrogens is 258 g/mol. The van der Waals surface area contributed by atoms with Crippen LogP contribution in [-0.2, 0) is 13.3 Å². The molecule has 0 aromatic rings. The van der Waals surface area contributed by atoms with E-state index in [1.165, 1.54) is 43.5 Å². The van der Waals surface area contributed by atoms with Crippen molar-refractivity contribution in [1.29, 1.82) is 0 Å². The number of nitrogens with zero attached hydrogens (tertiary/aromatic N) is 1. The summed E-state index contributed by atoms with van der Waals surface area (Å²) in [6.07, 6.45) is 3.68. The van der Waals surface area contributed by atoms with Gasteiger partial charge in [0, 0.05) is 33.8 Å². The molecule has 4 nitrogen and oxygen atoms in total. The smallest absolute Gasteiger partial charge is 0.377 e. The van der Waals surface area contributed by atoms with E-state index in [2.05, 4.69) is 20.8 Å². The number of unbranched alkanes of at least 4 members (excludes halogenated alkanes) is 1. The van der Waals surface area contributed by atoms with Gasteiger partial charge in [0.2, 0.25) is 0 Å². The second-order valence-electron chi connectivity index (χ2n) is 5.17. The third kappa shape index (κ3) is 5.91. The highest BCUT2D eigenvalue weighted by Crippen LogP contribution is 2.18. The zero-order valence-electron chi connectivity index (χ0n) is 13.8. The molecule has 116 valence electrons. The lowest BCUT2D eigenvalue weighted by atomic mass is 10.2. The molecule has 0 N–H and O–H groups in total. The van der Waals surface area contributed by atoms with Crippen LogP contribution in [0, 0.1) is 0 Å². The van der Waals surface area contributed by atoms with Crippen molar-refractivity contribution in [1.82, 2.24) is 0 Å². The summed E-state index contributed by atoms with van der Waals surface area (Å²) in [5.74, 6) is 0. The number of rotatable bonds is 12. The van der Waals surface area contributed by atoms with Gasteiger partial charge in [-0.2, -0.15) is 0 Å². The highest BCUT2D eigenvalue weighted by atomic mass is 28.4. The Morgan fingerprint density at radius 2 is 1.26 bits per heavy atom. The minimum Gasteiger partial charge on any atom is -0.377 e. The first kappa shape index (κ1) is 19.1. The maximum atomic E-state index is 5.49. The summed E-state index contributed by atoms with van der Waals surface area (Å²) in [6.45, 7) is 11.7. The molecule has 0 bridgehead atoms. The predicted octanol–water partition coefficient (Wildman–Crippen LogP) is 2.91. The molecule has 0 aliphatic rings. The van der Waals surface area contributed by atoms with Crippen molar-refractivity contribution >= 4 is 8.80 Å². The van der Waals surface area contributed by atoms with Crippen molar-refractivity contribution in [3.8, 4) is 0 Å². The van der Waals surface area contributed by atoms with Gasteiger partial charge in [-0.15, -0.1) is 0 Å². The Labute approximate surface area is 121 Å². The average Bonchev–Trinajstić information content (AvgIpc) is 2.48. The van der Waals surface area contributed by atoms with Crippen LogP contribution in [0.3, 0.4) is 0 Å². The fourth-order valence-electron chi connectivity index (χ4n) is 2.65. The SMILES string of the molecule is CCCC[N+](CC)(CC)CCC[Si](OC)(OC)OC. The second kappa shape index (κ2) is 9.88. The van der Waals surface area contributed by atoms with Crippen LogP contribution in [0.25, 0.3) is 0 Å². The van der Waals surface area contributed by atoms with E-state index in [4.69, 9.17) is 13.3 Å². The fourth-order valence-corrected chi connectivity index (χ4v) is 4.35. The van der Waals surface area contributed by atoms with Gasteiger partial charge in [0.05, 0.1) is 26.2 Å². The summed E-state index contributed by atoms with van der Waals surface area (Å²) in [7, 11) is 2.69. The summed E-state index contributed by atoms with van der Waals surface area (Å²) in [5, 5.41) is 0. The molecule has 0 saturated carbocycles. The molecule has 0 aliphatic heterocycles. The molecule has 0 rings (SSSR count). The van der Waals surface area contributed by atoms with Gasteiger partial charge in [0.15, 0.2) is 0 Å². The molecule has 0 spiro atoms. The van der Waals surface area contributed by atoms with Crippen LogP contribution in [0.2, 0.25) is 6.04 Å². The molecule has 0 atom stereocenters. The van der Waals surface area contributed by atoms with Crippen LogP contribution in [0.5, 0.6) is 0 Å². The predicted molar refractivity (Wildman–Crippen MR) is 82.2 cm³/mol. The molecule has 0 heterocycles. The first-order valence-electron chi connectivity index (χ1n) is 7.58. The molecule has 0 aliphatic carbocycles. The van der Waals surface area contributed by atoms with E-state index < -0.39 is 8.80 Å². The summed E-state index contributed by atoms with van der Waals surface area (Å²) in [6, 6.07) is 0.905. The van der Waals surface area contributed by atoms with Gasteiger partial charge < -0.3 is 17.8 Å². The van der Waals surface area contributed by atoms with Crippen molar-refractivity contribution in [2.75, 3.05) is 47.5 Å². The summed E-state index contributed by atoms with van der Waals surface area (Å²) in [4.78, 5) is 0. The van der Waals surface area contributed by atoms with Crippen LogP contribution >= 0.6 is 0 Å². The third-order valence-corrected chi connectivity index (χ3v) is 7.21. The molecule has 0 saturated heterocycles. The van der Waals surface area contributed by atoms with Gasteiger partial charge >= 0.3 is 8.80 Å². The lowest BCUT2D eigenvalue weighted by Gasteiger charge is -2.37. The zero-order valence-corrected chi connectivity index (χ0v) is 14.8. The largest absolute Gasteiger partial charge is 0.500 e. The lowest BCUT2D eigenvalue weighted by molar-refractivity contribution is -0.925. The molecule has 5 heteroatoms. The Morgan fingerprint density at radius 1 is 0.789 bits per heavy atom. The van der Waals surface area contributed by atoms with Gasteiger partial charge in [-0.1, -0.05) is 13.3 Å². The van der Waals surface area contributed by atoms with Crippen molar-refractivity contribution in [2.45, 2.75) is 46.1 Å². The molecule has 0 unspecified atom stereocenters. The van der Waals surface area contributed by atoms with E-state index in [0.717, 1.165) is 12.5 Å². The van der Waals surface area contributed by atoms with E-state index in [1.54, 1.807) is 21.3 Å². The molecule has 0 radical (unpaired) electrons. The Morgan fingerprint density at radius 3 is 1.63 bits per heavy atom. The van der Waals surface area contributed by atoms with Crippen LogP contribution < -0.4 is 0 Å². The molecule has 0 aromatic heterocycles. The Kier molecular flexibility index (Phi) is 9.91. The Hall–Kier alpha value is 0.0569. The Bertz CT molecular complexity index is 210. The average molecular weight is 293 g/mol. The van der Waals surface area contributed by atoms with Crippen LogP contribution in [-0.4, -0.2) is 60.8 Å². The van der Waals surface area contributed by atoms with Crippen molar-refractivity contribution in [2.24, 2.45) is 0 Å². The molecule has 19 heavy (non-hydrogen) atoms. The minimum atomic E-state index is -2.38. The van der Waals surface area contributed by atoms with E-state index in [1.807, 2.05) is 0 Å². The maximum absolute atomic E-state index is 5.49. The van der Waals surface area contributed by atoms with Crippen molar-refractivity contribution in [3.05, 3.63) is 0 Å². The number of quaternary nitrogens is 1. The standard InChI is InChI=1S/C14H34NO3Si/c1-7-10-12-15(8-2,9-3)13-11-14-19(16-4,17-5)18-6/h7-14H2,1-6H3/q+1. The lowest BCUT2D eigenvalue weighted by Crippen LogP contribution is -2.50. The van der Waals surface area contributed by atoms with Crippen molar-refractivity contribution in [3.63, 3.8) is 0 Å². The van der Waals surface area contributed by atoms with E-state index >= 15 is 0 Å². The maximum Gasteiger partial charge on any atom is 0.500 e. The highest BCUT2D eigenvalue weighted by molar-refractivity contribution is 6.60. The highest BCUT2D eigenvalue weighted by Gasteiger charge is 2.38. The van der Waals surface area contributed by atoms with Crippen molar-refractivity contribution < 1.29 is 17.8 Å². The van der Waals surface area contributed by atoms with Crippen LogP contribution in [0.4, 0.5) is 0 Å². The van der Waals surface area contributed by atoms with Gasteiger partial charge in [0.25, 0.3) is 0 Å². The van der Waals surface area contributed by atoms with Gasteiger partial charge in [-0.3, -0.25) is 0 Å². The van der Waals surface area contributed by atoms with E-state index in [9.17, 15) is 0 Å². The first-order valence-corrected chi connectivity index (χ1v) is 9.51.